The molecule has 0 saturated carbocycles. The van der Waals surface area contributed by atoms with Crippen LogP contribution in [-0.2, 0) is 4.74 Å². The van der Waals surface area contributed by atoms with Crippen molar-refractivity contribution in [1.82, 2.24) is 4.57 Å². The van der Waals surface area contributed by atoms with Crippen molar-refractivity contribution in [1.29, 1.82) is 0 Å². The molecule has 3 rings (SSSR count). The van der Waals surface area contributed by atoms with Gasteiger partial charge in [-0.15, -0.1) is 0 Å². The zero-order chi connectivity index (χ0) is 11.0. The van der Waals surface area contributed by atoms with Gasteiger partial charge in [0.15, 0.2) is 0 Å². The maximum absolute atomic E-state index is 5.44. The third-order valence-corrected chi connectivity index (χ3v) is 3.50. The molecule has 2 aromatic rings. The molecule has 0 radical (unpaired) electrons. The summed E-state index contributed by atoms with van der Waals surface area (Å²) in [5.74, 6) is 0. The van der Waals surface area contributed by atoms with E-state index in [0.717, 1.165) is 26.1 Å². The van der Waals surface area contributed by atoms with Gasteiger partial charge in [0.2, 0.25) is 0 Å². The largest absolute Gasteiger partial charge is 0.381 e. The van der Waals surface area contributed by atoms with E-state index in [0.29, 0.717) is 6.04 Å². The average molecular weight is 215 g/mol. The maximum atomic E-state index is 5.44. The number of aryl methyl sites for hydroxylation is 1. The number of hydrogen-bond donors (Lipinski definition) is 0. The van der Waals surface area contributed by atoms with Crippen LogP contribution in [0.25, 0.3) is 10.9 Å². The Morgan fingerprint density at radius 2 is 1.94 bits per heavy atom. The van der Waals surface area contributed by atoms with Gasteiger partial charge in [-0.1, -0.05) is 18.2 Å². The van der Waals surface area contributed by atoms with E-state index in [4.69, 9.17) is 4.74 Å². The minimum atomic E-state index is 0.619. The lowest BCUT2D eigenvalue weighted by Gasteiger charge is -2.26. The maximum Gasteiger partial charge on any atom is 0.0485 e. The number of benzene rings is 1. The van der Waals surface area contributed by atoms with Crippen LogP contribution < -0.4 is 0 Å². The number of ether oxygens (including phenoxy) is 1. The third-order valence-electron chi connectivity index (χ3n) is 3.50. The van der Waals surface area contributed by atoms with Crippen molar-refractivity contribution in [2.75, 3.05) is 13.2 Å². The molecule has 1 aromatic carbocycles. The summed E-state index contributed by atoms with van der Waals surface area (Å²) >= 11 is 0. The molecule has 0 atom stereocenters. The van der Waals surface area contributed by atoms with Gasteiger partial charge < -0.3 is 9.30 Å². The Balaban J connectivity index is 2.10. The first-order valence-electron chi connectivity index (χ1n) is 6.00. The summed E-state index contributed by atoms with van der Waals surface area (Å²) in [6.45, 7) is 4.00. The summed E-state index contributed by atoms with van der Waals surface area (Å²) in [5, 5.41) is 1.35. The van der Waals surface area contributed by atoms with E-state index in [2.05, 4.69) is 41.8 Å². The van der Waals surface area contributed by atoms with E-state index < -0.39 is 0 Å². The lowest BCUT2D eigenvalue weighted by atomic mass is 10.1. The SMILES string of the molecule is Cc1cc2ccccc2n1C1CCOCC1. The second-order valence-electron chi connectivity index (χ2n) is 4.56. The van der Waals surface area contributed by atoms with Gasteiger partial charge in [0.05, 0.1) is 0 Å². The Morgan fingerprint density at radius 1 is 1.19 bits per heavy atom. The first-order valence-corrected chi connectivity index (χ1v) is 6.00. The molecule has 2 nitrogen and oxygen atoms in total. The van der Waals surface area contributed by atoms with Crippen LogP contribution in [0, 0.1) is 6.92 Å². The van der Waals surface area contributed by atoms with Crippen LogP contribution >= 0.6 is 0 Å². The molecule has 1 saturated heterocycles. The Bertz CT molecular complexity index is 494. The normalized spacial score (nSPS) is 18.1. The molecule has 1 aromatic heterocycles. The zero-order valence-corrected chi connectivity index (χ0v) is 9.65. The van der Waals surface area contributed by atoms with Crippen LogP contribution in [0.4, 0.5) is 0 Å². The fraction of sp³-hybridized carbons (Fsp3) is 0.429. The molecule has 2 heterocycles. The molecule has 2 heteroatoms. The number of hydrogen-bond acceptors (Lipinski definition) is 1. The van der Waals surface area contributed by atoms with Gasteiger partial charge >= 0.3 is 0 Å². The Labute approximate surface area is 95.8 Å². The van der Waals surface area contributed by atoms with Crippen molar-refractivity contribution in [3.05, 3.63) is 36.0 Å². The van der Waals surface area contributed by atoms with Crippen molar-refractivity contribution in [3.63, 3.8) is 0 Å². The third kappa shape index (κ3) is 1.54. The van der Waals surface area contributed by atoms with Gasteiger partial charge in [0, 0.05) is 30.5 Å². The van der Waals surface area contributed by atoms with E-state index in [-0.39, 0.29) is 0 Å². The van der Waals surface area contributed by atoms with Crippen molar-refractivity contribution < 1.29 is 4.74 Å². The van der Waals surface area contributed by atoms with Gasteiger partial charge in [-0.25, -0.2) is 0 Å². The zero-order valence-electron chi connectivity index (χ0n) is 9.65. The van der Waals surface area contributed by atoms with Crippen LogP contribution in [0.1, 0.15) is 24.6 Å². The number of aromatic nitrogens is 1. The lowest BCUT2D eigenvalue weighted by Crippen LogP contribution is -2.20. The van der Waals surface area contributed by atoms with Gasteiger partial charge in [0.25, 0.3) is 0 Å². The first-order chi connectivity index (χ1) is 7.86. The van der Waals surface area contributed by atoms with E-state index >= 15 is 0 Å². The molecule has 0 aliphatic carbocycles. The van der Waals surface area contributed by atoms with Crippen LogP contribution in [0.2, 0.25) is 0 Å². The van der Waals surface area contributed by atoms with E-state index in [9.17, 15) is 0 Å². The summed E-state index contributed by atoms with van der Waals surface area (Å²) in [7, 11) is 0. The topological polar surface area (TPSA) is 14.2 Å². The van der Waals surface area contributed by atoms with Crippen molar-refractivity contribution in [2.45, 2.75) is 25.8 Å². The van der Waals surface area contributed by atoms with E-state index in [1.807, 2.05) is 0 Å². The molecular weight excluding hydrogens is 198 g/mol. The highest BCUT2D eigenvalue weighted by Crippen LogP contribution is 2.29. The van der Waals surface area contributed by atoms with E-state index in [1.54, 1.807) is 0 Å². The number of nitrogens with zero attached hydrogens (tertiary/aromatic N) is 1. The minimum Gasteiger partial charge on any atom is -0.381 e. The van der Waals surface area contributed by atoms with Crippen LogP contribution in [0.5, 0.6) is 0 Å². The molecule has 84 valence electrons. The molecule has 1 aliphatic heterocycles. The number of rotatable bonds is 1. The monoisotopic (exact) mass is 215 g/mol. The second kappa shape index (κ2) is 3.95. The lowest BCUT2D eigenvalue weighted by molar-refractivity contribution is 0.0703. The first kappa shape index (κ1) is 9.91. The standard InChI is InChI=1S/C14H17NO/c1-11-10-12-4-2-3-5-14(12)15(11)13-6-8-16-9-7-13/h2-5,10,13H,6-9H2,1H3. The Kier molecular flexibility index (Phi) is 2.44. The van der Waals surface area contributed by atoms with Gasteiger partial charge in [-0.05, 0) is 37.3 Å². The molecule has 16 heavy (non-hydrogen) atoms. The van der Waals surface area contributed by atoms with Crippen molar-refractivity contribution in [2.24, 2.45) is 0 Å². The van der Waals surface area contributed by atoms with E-state index in [1.165, 1.54) is 16.6 Å². The van der Waals surface area contributed by atoms with Crippen LogP contribution in [0.3, 0.4) is 0 Å². The minimum absolute atomic E-state index is 0.619. The number of para-hydroxylation sites is 1. The molecule has 0 bridgehead atoms. The van der Waals surface area contributed by atoms with Gasteiger partial charge in [-0.2, -0.15) is 0 Å². The van der Waals surface area contributed by atoms with Crippen molar-refractivity contribution >= 4 is 10.9 Å². The van der Waals surface area contributed by atoms with Crippen LogP contribution in [0.15, 0.2) is 30.3 Å². The molecule has 1 fully saturated rings. The summed E-state index contributed by atoms with van der Waals surface area (Å²) in [6, 6.07) is 11.5. The number of fused-ring (bicyclic) bond motifs is 1. The summed E-state index contributed by atoms with van der Waals surface area (Å²) in [5.41, 5.74) is 2.74. The van der Waals surface area contributed by atoms with Gasteiger partial charge in [-0.3, -0.25) is 0 Å². The molecule has 0 spiro atoms. The Hall–Kier alpha value is -1.28. The Morgan fingerprint density at radius 3 is 2.75 bits per heavy atom. The second-order valence-corrected chi connectivity index (χ2v) is 4.56. The summed E-state index contributed by atoms with van der Waals surface area (Å²) in [4.78, 5) is 0. The average Bonchev–Trinajstić information content (AvgIpc) is 2.66. The summed E-state index contributed by atoms with van der Waals surface area (Å²) < 4.78 is 7.92. The summed E-state index contributed by atoms with van der Waals surface area (Å²) in [6.07, 6.45) is 2.28. The fourth-order valence-electron chi connectivity index (χ4n) is 2.74. The fourth-order valence-corrected chi connectivity index (χ4v) is 2.74. The van der Waals surface area contributed by atoms with Crippen molar-refractivity contribution in [3.8, 4) is 0 Å². The predicted molar refractivity (Wildman–Crippen MR) is 65.8 cm³/mol. The highest BCUT2D eigenvalue weighted by atomic mass is 16.5. The smallest absolute Gasteiger partial charge is 0.0485 e. The van der Waals surface area contributed by atoms with Gasteiger partial charge in [0.1, 0.15) is 0 Å². The molecule has 0 unspecified atom stereocenters. The molecule has 1 aliphatic rings. The highest BCUT2D eigenvalue weighted by molar-refractivity contribution is 5.81. The quantitative estimate of drug-likeness (QED) is 0.712. The van der Waals surface area contributed by atoms with Crippen LogP contribution in [-0.4, -0.2) is 17.8 Å². The molecule has 0 amide bonds. The predicted octanol–water partition coefficient (Wildman–Crippen LogP) is 3.30. The molecular formula is C14H17NO. The highest BCUT2D eigenvalue weighted by Gasteiger charge is 2.18. The molecule has 0 N–H and O–H groups in total.